The van der Waals surface area contributed by atoms with E-state index in [1.165, 1.54) is 18.6 Å². The monoisotopic (exact) mass is 166 g/mol. The predicted octanol–water partition coefficient (Wildman–Crippen LogP) is 1.91. The third-order valence-electron chi connectivity index (χ3n) is 1.54. The van der Waals surface area contributed by atoms with Gasteiger partial charge in [0.25, 0.3) is 0 Å². The van der Waals surface area contributed by atoms with Gasteiger partial charge in [-0.05, 0) is 0 Å². The van der Waals surface area contributed by atoms with E-state index in [0.717, 1.165) is 6.07 Å². The molecule has 0 saturated heterocycles. The van der Waals surface area contributed by atoms with Gasteiger partial charge in [-0.15, -0.1) is 0 Å². The number of halogens is 2. The minimum Gasteiger partial charge on any atom is -0.244 e. The molecule has 0 spiro atoms. The quantitative estimate of drug-likeness (QED) is 0.597. The number of hydrogen-bond acceptors (Lipinski definition) is 2. The van der Waals surface area contributed by atoms with Gasteiger partial charge < -0.3 is 0 Å². The standard InChI is InChI=1S/C8H4F2N2/c9-5-1-7(10)6-3-11-4-12-8(6)2-5/h1-4H. The first-order valence-electron chi connectivity index (χ1n) is 3.32. The predicted molar refractivity (Wildman–Crippen MR) is 39.5 cm³/mol. The summed E-state index contributed by atoms with van der Waals surface area (Å²) in [7, 11) is 0. The highest BCUT2D eigenvalue weighted by Gasteiger charge is 2.03. The number of hydrogen-bond donors (Lipinski definition) is 0. The van der Waals surface area contributed by atoms with E-state index in [4.69, 9.17) is 0 Å². The summed E-state index contributed by atoms with van der Waals surface area (Å²) in [4.78, 5) is 7.34. The lowest BCUT2D eigenvalue weighted by molar-refractivity contribution is 0.591. The number of fused-ring (bicyclic) bond motifs is 1. The Morgan fingerprint density at radius 2 is 2.00 bits per heavy atom. The fourth-order valence-electron chi connectivity index (χ4n) is 1.01. The van der Waals surface area contributed by atoms with E-state index in [1.54, 1.807) is 0 Å². The lowest BCUT2D eigenvalue weighted by atomic mass is 10.2. The molecule has 2 aromatic rings. The number of aromatic nitrogens is 2. The Hall–Kier alpha value is -1.58. The van der Waals surface area contributed by atoms with Crippen LogP contribution in [0.2, 0.25) is 0 Å². The molecule has 4 heteroatoms. The van der Waals surface area contributed by atoms with E-state index in [1.807, 2.05) is 0 Å². The average molecular weight is 166 g/mol. The minimum absolute atomic E-state index is 0.235. The van der Waals surface area contributed by atoms with Crippen LogP contribution in [0, 0.1) is 11.6 Å². The van der Waals surface area contributed by atoms with Crippen LogP contribution in [0.1, 0.15) is 0 Å². The van der Waals surface area contributed by atoms with E-state index in [9.17, 15) is 8.78 Å². The van der Waals surface area contributed by atoms with Gasteiger partial charge in [0.1, 0.15) is 18.0 Å². The molecule has 2 rings (SSSR count). The van der Waals surface area contributed by atoms with Crippen molar-refractivity contribution < 1.29 is 8.78 Å². The van der Waals surface area contributed by atoms with Crippen LogP contribution in [-0.4, -0.2) is 9.97 Å². The van der Waals surface area contributed by atoms with Crippen molar-refractivity contribution in [2.75, 3.05) is 0 Å². The summed E-state index contributed by atoms with van der Waals surface area (Å²) in [6.07, 6.45) is 2.57. The van der Waals surface area contributed by atoms with Crippen molar-refractivity contribution in [3.05, 3.63) is 36.3 Å². The third-order valence-corrected chi connectivity index (χ3v) is 1.54. The maximum atomic E-state index is 12.9. The molecule has 1 aromatic carbocycles. The smallest absolute Gasteiger partial charge is 0.137 e. The van der Waals surface area contributed by atoms with Crippen LogP contribution in [0.5, 0.6) is 0 Å². The maximum Gasteiger partial charge on any atom is 0.137 e. The Balaban J connectivity index is 2.89. The molecule has 0 fully saturated rings. The van der Waals surface area contributed by atoms with Crippen LogP contribution in [0.4, 0.5) is 8.78 Å². The zero-order valence-corrected chi connectivity index (χ0v) is 5.96. The Bertz CT molecular complexity index is 428. The molecule has 0 bridgehead atoms. The van der Waals surface area contributed by atoms with Crippen LogP contribution in [0.15, 0.2) is 24.7 Å². The minimum atomic E-state index is -0.634. The molecule has 12 heavy (non-hydrogen) atoms. The Morgan fingerprint density at radius 1 is 1.17 bits per heavy atom. The van der Waals surface area contributed by atoms with Crippen LogP contribution in [-0.2, 0) is 0 Å². The summed E-state index contributed by atoms with van der Waals surface area (Å²) >= 11 is 0. The van der Waals surface area contributed by atoms with Gasteiger partial charge in [0.2, 0.25) is 0 Å². The highest BCUT2D eigenvalue weighted by atomic mass is 19.1. The molecule has 0 unspecified atom stereocenters. The van der Waals surface area contributed by atoms with Crippen molar-refractivity contribution in [2.45, 2.75) is 0 Å². The Morgan fingerprint density at radius 3 is 2.83 bits per heavy atom. The zero-order chi connectivity index (χ0) is 8.55. The van der Waals surface area contributed by atoms with E-state index in [-0.39, 0.29) is 10.9 Å². The number of nitrogens with zero attached hydrogens (tertiary/aromatic N) is 2. The summed E-state index contributed by atoms with van der Waals surface area (Å²) in [6.45, 7) is 0. The molecule has 0 radical (unpaired) electrons. The summed E-state index contributed by atoms with van der Waals surface area (Å²) in [6, 6.07) is 1.98. The van der Waals surface area contributed by atoms with Crippen LogP contribution < -0.4 is 0 Å². The maximum absolute atomic E-state index is 12.9. The zero-order valence-electron chi connectivity index (χ0n) is 5.96. The summed E-state index contributed by atoms with van der Waals surface area (Å²) < 4.78 is 25.5. The second kappa shape index (κ2) is 2.48. The van der Waals surface area contributed by atoms with Crippen molar-refractivity contribution >= 4 is 10.9 Å². The van der Waals surface area contributed by atoms with Crippen LogP contribution in [0.3, 0.4) is 0 Å². The molecule has 0 aliphatic rings. The summed E-state index contributed by atoms with van der Waals surface area (Å²) in [5.41, 5.74) is 0.280. The first kappa shape index (κ1) is 7.09. The van der Waals surface area contributed by atoms with Gasteiger partial charge in [-0.3, -0.25) is 0 Å². The fourth-order valence-corrected chi connectivity index (χ4v) is 1.01. The van der Waals surface area contributed by atoms with Gasteiger partial charge in [0, 0.05) is 18.3 Å². The van der Waals surface area contributed by atoms with E-state index in [2.05, 4.69) is 9.97 Å². The van der Waals surface area contributed by atoms with Crippen molar-refractivity contribution in [1.29, 1.82) is 0 Å². The first-order valence-corrected chi connectivity index (χ1v) is 3.32. The van der Waals surface area contributed by atoms with Crippen LogP contribution >= 0.6 is 0 Å². The van der Waals surface area contributed by atoms with Crippen molar-refractivity contribution in [3.8, 4) is 0 Å². The second-order valence-corrected chi connectivity index (χ2v) is 2.34. The topological polar surface area (TPSA) is 25.8 Å². The third kappa shape index (κ3) is 1.01. The van der Waals surface area contributed by atoms with Gasteiger partial charge >= 0.3 is 0 Å². The fraction of sp³-hybridized carbons (Fsp3) is 0. The summed E-state index contributed by atoms with van der Waals surface area (Å²) in [5, 5.41) is 0.235. The van der Waals surface area contributed by atoms with Crippen molar-refractivity contribution in [1.82, 2.24) is 9.97 Å². The van der Waals surface area contributed by atoms with E-state index in [0.29, 0.717) is 0 Å². The second-order valence-electron chi connectivity index (χ2n) is 2.34. The Kier molecular flexibility index (Phi) is 1.46. The van der Waals surface area contributed by atoms with Crippen molar-refractivity contribution in [2.24, 2.45) is 0 Å². The van der Waals surface area contributed by atoms with Gasteiger partial charge in [0.05, 0.1) is 10.9 Å². The first-order chi connectivity index (χ1) is 5.77. The average Bonchev–Trinajstić information content (AvgIpc) is 2.04. The highest BCUT2D eigenvalue weighted by Crippen LogP contribution is 2.15. The lowest BCUT2D eigenvalue weighted by Gasteiger charge is -1.96. The lowest BCUT2D eigenvalue weighted by Crippen LogP contribution is -1.86. The molecule has 0 N–H and O–H groups in total. The molecule has 0 atom stereocenters. The Labute approximate surface area is 66.9 Å². The van der Waals surface area contributed by atoms with Gasteiger partial charge in [-0.25, -0.2) is 18.7 Å². The molecular weight excluding hydrogens is 162 g/mol. The SMILES string of the molecule is Fc1cc(F)c2cncnc2c1. The molecular formula is C8H4F2N2. The molecule has 0 amide bonds. The number of benzene rings is 1. The van der Waals surface area contributed by atoms with Gasteiger partial charge in [-0.1, -0.05) is 0 Å². The molecule has 0 aliphatic carbocycles. The molecule has 0 saturated carbocycles. The van der Waals surface area contributed by atoms with E-state index >= 15 is 0 Å². The molecule has 1 heterocycles. The molecule has 60 valence electrons. The summed E-state index contributed by atoms with van der Waals surface area (Å²) in [5.74, 6) is -1.26. The van der Waals surface area contributed by atoms with E-state index < -0.39 is 11.6 Å². The van der Waals surface area contributed by atoms with Gasteiger partial charge in [-0.2, -0.15) is 0 Å². The van der Waals surface area contributed by atoms with Crippen LogP contribution in [0.25, 0.3) is 10.9 Å². The highest BCUT2D eigenvalue weighted by molar-refractivity contribution is 5.77. The molecule has 2 nitrogen and oxygen atoms in total. The van der Waals surface area contributed by atoms with Crippen molar-refractivity contribution in [3.63, 3.8) is 0 Å². The largest absolute Gasteiger partial charge is 0.244 e. The molecule has 1 aromatic heterocycles. The normalized spacial score (nSPS) is 10.5. The molecule has 0 aliphatic heterocycles. The number of rotatable bonds is 0. The van der Waals surface area contributed by atoms with Gasteiger partial charge in [0.15, 0.2) is 0 Å².